The van der Waals surface area contributed by atoms with Gasteiger partial charge in [0.05, 0.1) is 6.04 Å². The zero-order valence-corrected chi connectivity index (χ0v) is 15.8. The Kier molecular flexibility index (Phi) is 5.39. The minimum Gasteiger partial charge on any atom is -0.356 e. The van der Waals surface area contributed by atoms with Gasteiger partial charge in [0.25, 0.3) is 5.91 Å². The van der Waals surface area contributed by atoms with E-state index < -0.39 is 12.1 Å². The van der Waals surface area contributed by atoms with E-state index in [4.69, 9.17) is 4.74 Å². The van der Waals surface area contributed by atoms with E-state index in [9.17, 15) is 9.59 Å². The van der Waals surface area contributed by atoms with E-state index in [1.54, 1.807) is 18.5 Å². The summed E-state index contributed by atoms with van der Waals surface area (Å²) >= 11 is 0. The number of amides is 2. The van der Waals surface area contributed by atoms with Crippen LogP contribution >= 0.6 is 0 Å². The molecule has 2 fully saturated rings. The third kappa shape index (κ3) is 3.78. The molecule has 28 heavy (non-hydrogen) atoms. The Morgan fingerprint density at radius 1 is 1.18 bits per heavy atom. The van der Waals surface area contributed by atoms with Crippen LogP contribution in [0.1, 0.15) is 42.9 Å². The molecule has 2 heterocycles. The summed E-state index contributed by atoms with van der Waals surface area (Å²) in [6.07, 6.45) is 7.00. The Bertz CT molecular complexity index is 819. The summed E-state index contributed by atoms with van der Waals surface area (Å²) in [4.78, 5) is 28.9. The van der Waals surface area contributed by atoms with Crippen molar-refractivity contribution in [3.05, 3.63) is 66.0 Å². The van der Waals surface area contributed by atoms with Gasteiger partial charge in [-0.15, -0.1) is 0 Å². The Balaban J connectivity index is 1.49. The van der Waals surface area contributed by atoms with Crippen LogP contribution in [0.25, 0.3) is 0 Å². The van der Waals surface area contributed by atoms with Gasteiger partial charge in [-0.2, -0.15) is 0 Å². The van der Waals surface area contributed by atoms with Gasteiger partial charge in [-0.1, -0.05) is 49.2 Å². The van der Waals surface area contributed by atoms with Crippen LogP contribution in [-0.4, -0.2) is 36.1 Å². The number of rotatable bonds is 5. The predicted molar refractivity (Wildman–Crippen MR) is 104 cm³/mol. The average molecular weight is 379 g/mol. The lowest BCUT2D eigenvalue weighted by Gasteiger charge is -2.34. The van der Waals surface area contributed by atoms with E-state index >= 15 is 0 Å². The summed E-state index contributed by atoms with van der Waals surface area (Å²) in [5, 5.41) is 5.98. The summed E-state index contributed by atoms with van der Waals surface area (Å²) in [7, 11) is 0. The number of hydrogen-bond acceptors (Lipinski definition) is 4. The van der Waals surface area contributed by atoms with Gasteiger partial charge in [-0.25, -0.2) is 0 Å². The van der Waals surface area contributed by atoms with E-state index in [0.29, 0.717) is 6.54 Å². The zero-order valence-electron chi connectivity index (χ0n) is 15.8. The number of aromatic nitrogens is 1. The van der Waals surface area contributed by atoms with Crippen molar-refractivity contribution < 1.29 is 14.3 Å². The fourth-order valence-electron chi connectivity index (χ4n) is 4.37. The fraction of sp³-hybridized carbons (Fsp3) is 0.409. The first-order chi connectivity index (χ1) is 13.7. The van der Waals surface area contributed by atoms with Crippen molar-refractivity contribution in [1.29, 1.82) is 0 Å². The average Bonchev–Trinajstić information content (AvgIpc) is 3.23. The summed E-state index contributed by atoms with van der Waals surface area (Å²) < 4.78 is 5.62. The lowest BCUT2D eigenvalue weighted by molar-refractivity contribution is -0.148. The first kappa shape index (κ1) is 18.6. The van der Waals surface area contributed by atoms with Crippen LogP contribution in [0.3, 0.4) is 0 Å². The number of ether oxygens (including phenoxy) is 1. The van der Waals surface area contributed by atoms with Gasteiger partial charge in [0.2, 0.25) is 5.91 Å². The van der Waals surface area contributed by atoms with Crippen molar-refractivity contribution in [3.8, 4) is 0 Å². The van der Waals surface area contributed by atoms with Crippen LogP contribution in [0.15, 0.2) is 54.9 Å². The molecule has 6 heteroatoms. The molecule has 146 valence electrons. The summed E-state index contributed by atoms with van der Waals surface area (Å²) in [5.74, 6) is -0.425. The van der Waals surface area contributed by atoms with Gasteiger partial charge >= 0.3 is 0 Å². The van der Waals surface area contributed by atoms with Gasteiger partial charge in [-0.3, -0.25) is 14.6 Å². The number of nitrogens with one attached hydrogen (secondary N) is 2. The minimum absolute atomic E-state index is 0.0291. The highest BCUT2D eigenvalue weighted by molar-refractivity contribution is 5.86. The standard InChI is InChI=1S/C22H25N3O3/c26-18-14-28-20(19(25-18)16-7-6-12-23-13-16)21(27)24-15-22(10-4-5-11-22)17-8-2-1-3-9-17/h1-3,6-9,12-13,19-20H,4-5,10-11,14-15H2,(H,24,27)(H,25,26)/t19-,20+/m1/s1. The van der Waals surface area contributed by atoms with Gasteiger partial charge < -0.3 is 15.4 Å². The number of carbonyl (C=O) groups excluding carboxylic acids is 2. The molecule has 2 atom stereocenters. The maximum atomic E-state index is 13.0. The van der Waals surface area contributed by atoms with Gasteiger partial charge in [0.1, 0.15) is 6.61 Å². The van der Waals surface area contributed by atoms with Crippen LogP contribution in [0, 0.1) is 0 Å². The van der Waals surface area contributed by atoms with Crippen molar-refractivity contribution in [2.24, 2.45) is 0 Å². The molecule has 1 aromatic carbocycles. The largest absolute Gasteiger partial charge is 0.356 e. The molecule has 0 unspecified atom stereocenters. The van der Waals surface area contributed by atoms with Crippen molar-refractivity contribution >= 4 is 11.8 Å². The quantitative estimate of drug-likeness (QED) is 0.835. The molecule has 1 saturated carbocycles. The Hall–Kier alpha value is -2.73. The Morgan fingerprint density at radius 3 is 2.68 bits per heavy atom. The highest BCUT2D eigenvalue weighted by Crippen LogP contribution is 2.40. The molecule has 2 N–H and O–H groups in total. The summed E-state index contributed by atoms with van der Waals surface area (Å²) in [6, 6.07) is 13.5. The molecule has 2 aliphatic rings. The Morgan fingerprint density at radius 2 is 1.96 bits per heavy atom. The molecule has 0 bridgehead atoms. The first-order valence-corrected chi connectivity index (χ1v) is 9.82. The zero-order chi connectivity index (χ0) is 19.4. The smallest absolute Gasteiger partial charge is 0.251 e. The third-order valence-electron chi connectivity index (χ3n) is 5.86. The molecule has 1 saturated heterocycles. The lowest BCUT2D eigenvalue weighted by atomic mass is 9.78. The molecule has 2 aromatic rings. The molecule has 1 aliphatic carbocycles. The van der Waals surface area contributed by atoms with E-state index in [1.165, 1.54) is 18.4 Å². The number of benzene rings is 1. The maximum Gasteiger partial charge on any atom is 0.251 e. The van der Waals surface area contributed by atoms with Crippen LogP contribution in [-0.2, 0) is 19.7 Å². The van der Waals surface area contributed by atoms with E-state index in [1.807, 2.05) is 12.1 Å². The van der Waals surface area contributed by atoms with E-state index in [-0.39, 0.29) is 23.8 Å². The number of nitrogens with zero attached hydrogens (tertiary/aromatic N) is 1. The highest BCUT2D eigenvalue weighted by Gasteiger charge is 2.39. The van der Waals surface area contributed by atoms with Crippen molar-refractivity contribution in [1.82, 2.24) is 15.6 Å². The SMILES string of the molecule is O=C1CO[C@H](C(=O)NCC2(c3ccccc3)CCCC2)[C@@H](c2cccnc2)N1. The first-order valence-electron chi connectivity index (χ1n) is 9.82. The van der Waals surface area contributed by atoms with Gasteiger partial charge in [0, 0.05) is 24.4 Å². The number of morpholine rings is 1. The third-order valence-corrected chi connectivity index (χ3v) is 5.86. The van der Waals surface area contributed by atoms with Gasteiger partial charge in [-0.05, 0) is 30.0 Å². The molecular weight excluding hydrogens is 354 g/mol. The molecule has 4 rings (SSSR count). The monoisotopic (exact) mass is 379 g/mol. The second-order valence-corrected chi connectivity index (χ2v) is 7.63. The fourth-order valence-corrected chi connectivity index (χ4v) is 4.37. The van der Waals surface area contributed by atoms with Crippen molar-refractivity contribution in [2.45, 2.75) is 43.2 Å². The molecule has 1 aliphatic heterocycles. The number of pyridine rings is 1. The summed E-state index contributed by atoms with van der Waals surface area (Å²) in [5.41, 5.74) is 2.00. The minimum atomic E-state index is -0.767. The Labute approximate surface area is 164 Å². The predicted octanol–water partition coefficient (Wildman–Crippen LogP) is 2.27. The topological polar surface area (TPSA) is 80.3 Å². The van der Waals surface area contributed by atoms with E-state index in [2.05, 4.69) is 39.9 Å². The van der Waals surface area contributed by atoms with Crippen molar-refractivity contribution in [2.75, 3.05) is 13.2 Å². The van der Waals surface area contributed by atoms with Crippen LogP contribution in [0.2, 0.25) is 0 Å². The molecule has 2 amide bonds. The number of carbonyl (C=O) groups is 2. The van der Waals surface area contributed by atoms with Gasteiger partial charge in [0.15, 0.2) is 6.10 Å². The lowest BCUT2D eigenvalue weighted by Crippen LogP contribution is -2.53. The molecule has 1 aromatic heterocycles. The van der Waals surface area contributed by atoms with Crippen LogP contribution in [0.4, 0.5) is 0 Å². The molecule has 0 spiro atoms. The van der Waals surface area contributed by atoms with Crippen molar-refractivity contribution in [3.63, 3.8) is 0 Å². The van der Waals surface area contributed by atoms with Crippen LogP contribution < -0.4 is 10.6 Å². The summed E-state index contributed by atoms with van der Waals surface area (Å²) in [6.45, 7) is 0.460. The second kappa shape index (κ2) is 8.10. The molecular formula is C22H25N3O3. The molecule has 6 nitrogen and oxygen atoms in total. The normalized spacial score (nSPS) is 23.8. The van der Waals surface area contributed by atoms with Crippen LogP contribution in [0.5, 0.6) is 0 Å². The van der Waals surface area contributed by atoms with E-state index in [0.717, 1.165) is 18.4 Å². The maximum absolute atomic E-state index is 13.0. The number of hydrogen-bond donors (Lipinski definition) is 2. The highest BCUT2D eigenvalue weighted by atomic mass is 16.5. The second-order valence-electron chi connectivity index (χ2n) is 7.63. The molecule has 0 radical (unpaired) electrons.